The summed E-state index contributed by atoms with van der Waals surface area (Å²) in [5.41, 5.74) is 0.814. The second-order valence-corrected chi connectivity index (χ2v) is 7.55. The van der Waals surface area contributed by atoms with E-state index >= 15 is 0 Å². The monoisotopic (exact) mass is 361 g/mol. The van der Waals surface area contributed by atoms with Gasteiger partial charge in [-0.3, -0.25) is 4.79 Å². The van der Waals surface area contributed by atoms with Gasteiger partial charge in [0, 0.05) is 11.6 Å². The van der Waals surface area contributed by atoms with Crippen LogP contribution >= 0.6 is 0 Å². The van der Waals surface area contributed by atoms with Gasteiger partial charge in [-0.25, -0.2) is 0 Å². The molecule has 3 rings (SSSR count). The number of ether oxygens (including phenoxy) is 3. The van der Waals surface area contributed by atoms with Gasteiger partial charge in [-0.05, 0) is 37.2 Å². The van der Waals surface area contributed by atoms with Gasteiger partial charge in [0.1, 0.15) is 0 Å². The molecule has 0 bridgehead atoms. The van der Waals surface area contributed by atoms with Crippen molar-refractivity contribution in [2.45, 2.75) is 57.4 Å². The fraction of sp³-hybridized carbons (Fsp3) is 0.667. The second-order valence-electron chi connectivity index (χ2n) is 7.55. The number of carbonyl (C=O) groups excluding carboxylic acids is 1. The molecule has 2 saturated carbocycles. The quantitative estimate of drug-likeness (QED) is 0.839. The Labute approximate surface area is 156 Å². The number of rotatable bonds is 6. The predicted molar refractivity (Wildman–Crippen MR) is 101 cm³/mol. The summed E-state index contributed by atoms with van der Waals surface area (Å²) in [4.78, 5) is 12.6. The van der Waals surface area contributed by atoms with E-state index in [2.05, 4.69) is 5.32 Å². The van der Waals surface area contributed by atoms with Crippen LogP contribution in [0.3, 0.4) is 0 Å². The molecule has 3 atom stereocenters. The Bertz CT molecular complexity index is 631. The molecule has 0 unspecified atom stereocenters. The lowest BCUT2D eigenvalue weighted by molar-refractivity contribution is -0.121. The number of fused-ring (bicyclic) bond motifs is 1. The summed E-state index contributed by atoms with van der Waals surface area (Å²) < 4.78 is 16.2. The molecule has 0 aliphatic heterocycles. The summed E-state index contributed by atoms with van der Waals surface area (Å²) in [6, 6.07) is 4.00. The fourth-order valence-electron chi connectivity index (χ4n) is 4.76. The highest BCUT2D eigenvalue weighted by Gasteiger charge is 2.32. The third-order valence-corrected chi connectivity index (χ3v) is 6.04. The number of amides is 1. The molecule has 1 amide bonds. The molecule has 5 heteroatoms. The van der Waals surface area contributed by atoms with E-state index in [0.717, 1.165) is 30.2 Å². The second kappa shape index (κ2) is 8.65. The van der Waals surface area contributed by atoms with Crippen molar-refractivity contribution in [2.75, 3.05) is 21.3 Å². The molecule has 0 spiro atoms. The highest BCUT2D eigenvalue weighted by molar-refractivity contribution is 5.80. The van der Waals surface area contributed by atoms with Gasteiger partial charge in [0.25, 0.3) is 0 Å². The number of hydrogen-bond acceptors (Lipinski definition) is 4. The van der Waals surface area contributed by atoms with E-state index in [0.29, 0.717) is 23.3 Å². The van der Waals surface area contributed by atoms with Crippen LogP contribution in [0.1, 0.15) is 50.5 Å². The molecule has 1 aromatic carbocycles. The van der Waals surface area contributed by atoms with E-state index in [9.17, 15) is 4.79 Å². The third kappa shape index (κ3) is 4.08. The minimum absolute atomic E-state index is 0.0507. The van der Waals surface area contributed by atoms with E-state index in [-0.39, 0.29) is 12.3 Å². The van der Waals surface area contributed by atoms with Crippen LogP contribution in [0.5, 0.6) is 17.2 Å². The van der Waals surface area contributed by atoms with Crippen molar-refractivity contribution in [3.8, 4) is 17.2 Å². The smallest absolute Gasteiger partial charge is 0.224 e. The van der Waals surface area contributed by atoms with Gasteiger partial charge in [-0.15, -0.1) is 0 Å². The van der Waals surface area contributed by atoms with E-state index in [1.165, 1.54) is 32.1 Å². The third-order valence-electron chi connectivity index (χ3n) is 6.04. The molecule has 2 aliphatic carbocycles. The summed E-state index contributed by atoms with van der Waals surface area (Å²) in [5.74, 6) is 3.45. The summed E-state index contributed by atoms with van der Waals surface area (Å²) in [6.45, 7) is 0. The topological polar surface area (TPSA) is 56.8 Å². The SMILES string of the molecule is COc1ccc(CC(=O)N[C@@H]2CC[C@H]3CCCC[C@@H]3C2)c(OC)c1OC. The number of nitrogens with one attached hydrogen (secondary N) is 1. The van der Waals surface area contributed by atoms with E-state index < -0.39 is 0 Å². The lowest BCUT2D eigenvalue weighted by Gasteiger charge is -2.39. The summed E-state index contributed by atoms with van der Waals surface area (Å²) in [5, 5.41) is 3.25. The minimum Gasteiger partial charge on any atom is -0.493 e. The number of hydrogen-bond donors (Lipinski definition) is 1. The lowest BCUT2D eigenvalue weighted by atomic mass is 9.69. The lowest BCUT2D eigenvalue weighted by Crippen LogP contribution is -2.42. The highest BCUT2D eigenvalue weighted by Crippen LogP contribution is 2.41. The van der Waals surface area contributed by atoms with Crippen LogP contribution in [0.15, 0.2) is 12.1 Å². The molecule has 0 heterocycles. The zero-order chi connectivity index (χ0) is 18.5. The molecule has 5 nitrogen and oxygen atoms in total. The van der Waals surface area contributed by atoms with Crippen LogP contribution in [0.4, 0.5) is 0 Å². The van der Waals surface area contributed by atoms with Crippen molar-refractivity contribution in [1.82, 2.24) is 5.32 Å². The summed E-state index contributed by atoms with van der Waals surface area (Å²) >= 11 is 0. The number of methoxy groups -OCH3 is 3. The number of carbonyl (C=O) groups is 1. The minimum atomic E-state index is 0.0507. The Balaban J connectivity index is 1.63. The van der Waals surface area contributed by atoms with E-state index in [1.807, 2.05) is 12.1 Å². The number of benzene rings is 1. The van der Waals surface area contributed by atoms with E-state index in [4.69, 9.17) is 14.2 Å². The van der Waals surface area contributed by atoms with Gasteiger partial charge in [0.2, 0.25) is 11.7 Å². The average molecular weight is 361 g/mol. The maximum atomic E-state index is 12.6. The summed E-state index contributed by atoms with van der Waals surface area (Å²) in [7, 11) is 4.75. The molecule has 0 radical (unpaired) electrons. The molecule has 1 N–H and O–H groups in total. The van der Waals surface area contributed by atoms with Gasteiger partial charge in [0.05, 0.1) is 27.8 Å². The zero-order valence-electron chi connectivity index (χ0n) is 16.2. The van der Waals surface area contributed by atoms with Crippen LogP contribution in [0.2, 0.25) is 0 Å². The molecule has 0 saturated heterocycles. The van der Waals surface area contributed by atoms with Gasteiger partial charge in [0.15, 0.2) is 11.5 Å². The highest BCUT2D eigenvalue weighted by atomic mass is 16.5. The first kappa shape index (κ1) is 18.9. The molecule has 26 heavy (non-hydrogen) atoms. The Kier molecular flexibility index (Phi) is 6.28. The summed E-state index contributed by atoms with van der Waals surface area (Å²) in [6.07, 6.45) is 9.25. The molecule has 0 aromatic heterocycles. The predicted octanol–water partition coefficient (Wildman–Crippen LogP) is 3.73. The zero-order valence-corrected chi connectivity index (χ0v) is 16.2. The van der Waals surface area contributed by atoms with Crippen LogP contribution in [-0.2, 0) is 11.2 Å². The maximum Gasteiger partial charge on any atom is 0.224 e. The first-order chi connectivity index (χ1) is 12.7. The molecule has 1 aromatic rings. The van der Waals surface area contributed by atoms with E-state index in [1.54, 1.807) is 21.3 Å². The standard InChI is InChI=1S/C21H31NO4/c1-24-18-11-9-16(20(25-2)21(18)26-3)13-19(23)22-17-10-8-14-6-4-5-7-15(14)12-17/h9,11,14-15,17H,4-8,10,12-13H2,1-3H3,(H,22,23)/t14-,15-,17-/m1/s1. The van der Waals surface area contributed by atoms with Gasteiger partial charge in [-0.2, -0.15) is 0 Å². The Morgan fingerprint density at radius 2 is 1.69 bits per heavy atom. The molecular weight excluding hydrogens is 330 g/mol. The van der Waals surface area contributed by atoms with Crippen molar-refractivity contribution in [2.24, 2.45) is 11.8 Å². The average Bonchev–Trinajstić information content (AvgIpc) is 2.67. The van der Waals surface area contributed by atoms with Crippen LogP contribution < -0.4 is 19.5 Å². The maximum absolute atomic E-state index is 12.6. The molecular formula is C21H31NO4. The van der Waals surface area contributed by atoms with Gasteiger partial charge < -0.3 is 19.5 Å². The molecule has 2 aliphatic rings. The van der Waals surface area contributed by atoms with Crippen LogP contribution in [-0.4, -0.2) is 33.3 Å². The fourth-order valence-corrected chi connectivity index (χ4v) is 4.76. The normalized spacial score (nSPS) is 25.1. The Morgan fingerprint density at radius 3 is 2.38 bits per heavy atom. The van der Waals surface area contributed by atoms with Crippen LogP contribution in [0.25, 0.3) is 0 Å². The van der Waals surface area contributed by atoms with Gasteiger partial charge >= 0.3 is 0 Å². The van der Waals surface area contributed by atoms with Crippen molar-refractivity contribution >= 4 is 5.91 Å². The van der Waals surface area contributed by atoms with Crippen molar-refractivity contribution in [3.05, 3.63) is 17.7 Å². The van der Waals surface area contributed by atoms with Crippen molar-refractivity contribution in [3.63, 3.8) is 0 Å². The van der Waals surface area contributed by atoms with Crippen LogP contribution in [0, 0.1) is 11.8 Å². The first-order valence-electron chi connectivity index (χ1n) is 9.73. The first-order valence-corrected chi connectivity index (χ1v) is 9.73. The van der Waals surface area contributed by atoms with Crippen molar-refractivity contribution in [1.29, 1.82) is 0 Å². The molecule has 144 valence electrons. The largest absolute Gasteiger partial charge is 0.493 e. The molecule has 2 fully saturated rings. The van der Waals surface area contributed by atoms with Gasteiger partial charge in [-0.1, -0.05) is 31.7 Å². The van der Waals surface area contributed by atoms with Crippen molar-refractivity contribution < 1.29 is 19.0 Å². The Hall–Kier alpha value is -1.91. The Morgan fingerprint density at radius 1 is 0.962 bits per heavy atom.